The number of carboxylic acid groups (broad SMARTS) is 1. The lowest BCUT2D eigenvalue weighted by atomic mass is 10.3. The number of hydrogen-bond donors (Lipinski definition) is 3. The maximum absolute atomic E-state index is 11.0. The molecule has 0 unspecified atom stereocenters. The number of rotatable bonds is 5. The molecule has 0 aromatic rings. The van der Waals surface area contributed by atoms with Gasteiger partial charge in [-0.2, -0.15) is 0 Å². The highest BCUT2D eigenvalue weighted by atomic mass is 16.4. The Balaban J connectivity index is 4.09. The number of aliphatic carboxylic acids is 1. The Kier molecular flexibility index (Phi) is 6.06. The van der Waals surface area contributed by atoms with E-state index in [4.69, 9.17) is 10.2 Å². The molecule has 0 rings (SSSR count). The maximum atomic E-state index is 11.0. The second-order valence-electron chi connectivity index (χ2n) is 2.47. The molecule has 0 aliphatic carbocycles. The first kappa shape index (κ1) is 12.4. The first-order valence-electron chi connectivity index (χ1n) is 4.05. The van der Waals surface area contributed by atoms with E-state index in [9.17, 15) is 9.59 Å². The minimum Gasteiger partial charge on any atom is -0.480 e. The molecule has 0 saturated heterocycles. The molecular formula is C9H13NO4. The summed E-state index contributed by atoms with van der Waals surface area (Å²) in [6.07, 6.45) is 6.02. The van der Waals surface area contributed by atoms with Crippen LogP contribution in [0.4, 0.5) is 0 Å². The molecule has 0 radical (unpaired) electrons. The van der Waals surface area contributed by atoms with E-state index >= 15 is 0 Å². The third-order valence-corrected chi connectivity index (χ3v) is 1.35. The van der Waals surface area contributed by atoms with Crippen molar-refractivity contribution >= 4 is 11.9 Å². The van der Waals surface area contributed by atoms with Crippen LogP contribution < -0.4 is 5.32 Å². The number of hydrogen-bond acceptors (Lipinski definition) is 3. The lowest BCUT2D eigenvalue weighted by molar-refractivity contribution is -0.142. The third-order valence-electron chi connectivity index (χ3n) is 1.35. The molecule has 0 aromatic heterocycles. The lowest BCUT2D eigenvalue weighted by Crippen LogP contribution is -2.42. The van der Waals surface area contributed by atoms with Gasteiger partial charge in [0.25, 0.3) is 0 Å². The molecule has 5 nitrogen and oxygen atoms in total. The minimum atomic E-state index is -1.26. The van der Waals surface area contributed by atoms with Gasteiger partial charge in [0.05, 0.1) is 6.61 Å². The van der Waals surface area contributed by atoms with Crippen molar-refractivity contribution in [3.05, 3.63) is 24.3 Å². The van der Waals surface area contributed by atoms with E-state index in [0.717, 1.165) is 0 Å². The Hall–Kier alpha value is -1.62. The number of allylic oxidation sites excluding steroid dienone is 3. The topological polar surface area (TPSA) is 86.6 Å². The molecule has 1 atom stereocenters. The van der Waals surface area contributed by atoms with Crippen molar-refractivity contribution in [3.63, 3.8) is 0 Å². The molecule has 0 aliphatic heterocycles. The molecule has 0 bridgehead atoms. The normalized spacial score (nSPS) is 13.3. The summed E-state index contributed by atoms with van der Waals surface area (Å²) in [6.45, 7) is 1.16. The molecule has 3 N–H and O–H groups in total. The summed E-state index contributed by atoms with van der Waals surface area (Å²) in [7, 11) is 0. The van der Waals surface area contributed by atoms with Crippen LogP contribution in [-0.2, 0) is 9.59 Å². The van der Waals surface area contributed by atoms with Crippen LogP contribution in [-0.4, -0.2) is 34.7 Å². The van der Waals surface area contributed by atoms with E-state index in [1.54, 1.807) is 19.1 Å². The van der Waals surface area contributed by atoms with Crippen LogP contribution >= 0.6 is 0 Å². The van der Waals surface area contributed by atoms with E-state index in [1.165, 1.54) is 12.2 Å². The van der Waals surface area contributed by atoms with Crippen LogP contribution in [0.2, 0.25) is 0 Å². The molecule has 14 heavy (non-hydrogen) atoms. The molecule has 5 heteroatoms. The van der Waals surface area contributed by atoms with Gasteiger partial charge in [-0.25, -0.2) is 4.79 Å². The minimum absolute atomic E-state index is 0.551. The van der Waals surface area contributed by atoms with Gasteiger partial charge >= 0.3 is 5.97 Å². The van der Waals surface area contributed by atoms with E-state index in [2.05, 4.69) is 5.32 Å². The van der Waals surface area contributed by atoms with Crippen molar-refractivity contribution in [2.24, 2.45) is 0 Å². The highest BCUT2D eigenvalue weighted by Crippen LogP contribution is 1.84. The number of carboxylic acids is 1. The van der Waals surface area contributed by atoms with Crippen molar-refractivity contribution < 1.29 is 19.8 Å². The van der Waals surface area contributed by atoms with Crippen LogP contribution in [0, 0.1) is 0 Å². The molecule has 0 heterocycles. The van der Waals surface area contributed by atoms with Crippen LogP contribution in [0.5, 0.6) is 0 Å². The zero-order chi connectivity index (χ0) is 11.0. The van der Waals surface area contributed by atoms with Gasteiger partial charge in [0.1, 0.15) is 0 Å². The van der Waals surface area contributed by atoms with Gasteiger partial charge in [-0.05, 0) is 6.92 Å². The summed E-state index contributed by atoms with van der Waals surface area (Å²) >= 11 is 0. The van der Waals surface area contributed by atoms with Crippen molar-refractivity contribution in [2.75, 3.05) is 6.61 Å². The highest BCUT2D eigenvalue weighted by molar-refractivity contribution is 5.91. The highest BCUT2D eigenvalue weighted by Gasteiger charge is 2.16. The standard InChI is InChI=1S/C9H13NO4/c1-2-3-4-5-8(12)10-7(6-11)9(13)14/h2-5,7,11H,6H2,1H3,(H,10,12)(H,13,14)/b3-2+,5-4?/t7-/m1/s1. The zero-order valence-corrected chi connectivity index (χ0v) is 7.80. The SMILES string of the molecule is C/C=C/C=CC(=O)N[C@H](CO)C(=O)O. The zero-order valence-electron chi connectivity index (χ0n) is 7.80. The number of aliphatic hydroxyl groups is 1. The Bertz CT molecular complexity index is 258. The van der Waals surface area contributed by atoms with Crippen molar-refractivity contribution in [2.45, 2.75) is 13.0 Å². The van der Waals surface area contributed by atoms with E-state index in [1.807, 2.05) is 0 Å². The largest absolute Gasteiger partial charge is 0.480 e. The van der Waals surface area contributed by atoms with Crippen LogP contribution in [0.3, 0.4) is 0 Å². The van der Waals surface area contributed by atoms with Gasteiger partial charge in [0, 0.05) is 6.08 Å². The molecular weight excluding hydrogens is 186 g/mol. The summed E-state index contributed by atoms with van der Waals surface area (Å²) in [6, 6.07) is -1.25. The monoisotopic (exact) mass is 199 g/mol. The van der Waals surface area contributed by atoms with Gasteiger partial charge in [0.15, 0.2) is 6.04 Å². The molecule has 1 amide bonds. The number of nitrogens with one attached hydrogen (secondary N) is 1. The number of amides is 1. The van der Waals surface area contributed by atoms with E-state index in [0.29, 0.717) is 0 Å². The fourth-order valence-electron chi connectivity index (χ4n) is 0.659. The first-order chi connectivity index (χ1) is 6.61. The molecule has 0 fully saturated rings. The van der Waals surface area contributed by atoms with Crippen molar-refractivity contribution in [1.82, 2.24) is 5.32 Å². The van der Waals surface area contributed by atoms with Crippen LogP contribution in [0.25, 0.3) is 0 Å². The fraction of sp³-hybridized carbons (Fsp3) is 0.333. The summed E-state index contributed by atoms with van der Waals surface area (Å²) in [5.74, 6) is -1.81. The summed E-state index contributed by atoms with van der Waals surface area (Å²) < 4.78 is 0. The third kappa shape index (κ3) is 5.10. The Morgan fingerprint density at radius 2 is 2.07 bits per heavy atom. The molecule has 0 aromatic carbocycles. The molecule has 78 valence electrons. The first-order valence-corrected chi connectivity index (χ1v) is 4.05. The summed E-state index contributed by atoms with van der Waals surface area (Å²) in [5, 5.41) is 19.2. The lowest BCUT2D eigenvalue weighted by Gasteiger charge is -2.08. The number of carbonyl (C=O) groups is 2. The predicted octanol–water partition coefficient (Wildman–Crippen LogP) is -0.320. The average molecular weight is 199 g/mol. The van der Waals surface area contributed by atoms with E-state index < -0.39 is 24.5 Å². The smallest absolute Gasteiger partial charge is 0.328 e. The Labute approximate surface area is 81.7 Å². The van der Waals surface area contributed by atoms with Gasteiger partial charge in [0.2, 0.25) is 5.91 Å². The van der Waals surface area contributed by atoms with Crippen LogP contribution in [0.1, 0.15) is 6.92 Å². The molecule has 0 aliphatic rings. The van der Waals surface area contributed by atoms with Crippen LogP contribution in [0.15, 0.2) is 24.3 Å². The second kappa shape index (κ2) is 6.85. The Morgan fingerprint density at radius 1 is 1.43 bits per heavy atom. The predicted molar refractivity (Wildman–Crippen MR) is 50.6 cm³/mol. The number of carbonyl (C=O) groups excluding carboxylic acids is 1. The quantitative estimate of drug-likeness (QED) is 0.418. The number of aliphatic hydroxyl groups excluding tert-OH is 1. The average Bonchev–Trinajstić information content (AvgIpc) is 2.14. The Morgan fingerprint density at radius 3 is 2.50 bits per heavy atom. The molecule has 0 spiro atoms. The van der Waals surface area contributed by atoms with Crippen molar-refractivity contribution in [3.8, 4) is 0 Å². The summed E-state index contributed by atoms with van der Waals surface area (Å²) in [4.78, 5) is 21.4. The maximum Gasteiger partial charge on any atom is 0.328 e. The molecule has 0 saturated carbocycles. The second-order valence-corrected chi connectivity index (χ2v) is 2.47. The van der Waals surface area contributed by atoms with Gasteiger partial charge in [-0.1, -0.05) is 18.2 Å². The van der Waals surface area contributed by atoms with Gasteiger partial charge in [-0.3, -0.25) is 4.79 Å². The summed E-state index contributed by atoms with van der Waals surface area (Å²) in [5.41, 5.74) is 0. The van der Waals surface area contributed by atoms with Crippen molar-refractivity contribution in [1.29, 1.82) is 0 Å². The fourth-order valence-corrected chi connectivity index (χ4v) is 0.659. The van der Waals surface area contributed by atoms with E-state index in [-0.39, 0.29) is 0 Å². The van der Waals surface area contributed by atoms with Gasteiger partial charge in [-0.15, -0.1) is 0 Å². The van der Waals surface area contributed by atoms with Gasteiger partial charge < -0.3 is 15.5 Å².